The van der Waals surface area contributed by atoms with Crippen molar-refractivity contribution >= 4 is 11.8 Å². The number of nitrogens with zero attached hydrogens (tertiary/aromatic N) is 2. The smallest absolute Gasteiger partial charge is 0.254 e. The van der Waals surface area contributed by atoms with Crippen LogP contribution in [0.25, 0.3) is 0 Å². The fraction of sp³-hybridized carbons (Fsp3) is 0.417. The molecule has 2 aliphatic heterocycles. The first kappa shape index (κ1) is 19.5. The van der Waals surface area contributed by atoms with Gasteiger partial charge in [0.05, 0.1) is 6.04 Å². The van der Waals surface area contributed by atoms with E-state index in [0.717, 1.165) is 12.0 Å². The zero-order chi connectivity index (χ0) is 20.5. The number of benzene rings is 2. The molecule has 3 atom stereocenters. The molecule has 152 valence electrons. The summed E-state index contributed by atoms with van der Waals surface area (Å²) in [6.07, 6.45) is 1.40. The van der Waals surface area contributed by atoms with Gasteiger partial charge in [-0.3, -0.25) is 9.59 Å². The van der Waals surface area contributed by atoms with Gasteiger partial charge in [-0.15, -0.1) is 0 Å². The van der Waals surface area contributed by atoms with Gasteiger partial charge in [0.2, 0.25) is 5.91 Å². The van der Waals surface area contributed by atoms with Gasteiger partial charge < -0.3 is 14.9 Å². The molecule has 2 aromatic carbocycles. The lowest BCUT2D eigenvalue weighted by Crippen LogP contribution is -2.37. The molecule has 2 aliphatic rings. The van der Waals surface area contributed by atoms with E-state index in [4.69, 9.17) is 0 Å². The Balaban J connectivity index is 1.60. The molecule has 29 heavy (non-hydrogen) atoms. The number of hydrogen-bond donors (Lipinski definition) is 1. The summed E-state index contributed by atoms with van der Waals surface area (Å²) in [7, 11) is 0. The number of likely N-dealkylation sites (tertiary alicyclic amines) is 2. The lowest BCUT2D eigenvalue weighted by Gasteiger charge is -2.30. The van der Waals surface area contributed by atoms with Crippen molar-refractivity contribution in [1.82, 2.24) is 9.80 Å². The number of rotatable bonds is 4. The first-order valence-corrected chi connectivity index (χ1v) is 10.4. The molecule has 4 rings (SSSR count). The zero-order valence-electron chi connectivity index (χ0n) is 17.0. The highest BCUT2D eigenvalue weighted by molar-refractivity contribution is 5.96. The molecule has 0 bridgehead atoms. The average Bonchev–Trinajstić information content (AvgIpc) is 3.28. The van der Waals surface area contributed by atoms with Crippen LogP contribution in [0.3, 0.4) is 0 Å². The number of carbonyl (C=O) groups excluding carboxylic acids is 2. The van der Waals surface area contributed by atoms with Gasteiger partial charge in [0.25, 0.3) is 5.91 Å². The van der Waals surface area contributed by atoms with Gasteiger partial charge in [-0.05, 0) is 31.0 Å². The highest BCUT2D eigenvalue weighted by atomic mass is 16.3. The number of phenols is 1. The Labute approximate surface area is 171 Å². The van der Waals surface area contributed by atoms with Crippen LogP contribution >= 0.6 is 0 Å². The summed E-state index contributed by atoms with van der Waals surface area (Å²) >= 11 is 0. The van der Waals surface area contributed by atoms with E-state index in [-0.39, 0.29) is 35.4 Å². The molecule has 0 unspecified atom stereocenters. The molecular weight excluding hydrogens is 364 g/mol. The van der Waals surface area contributed by atoms with E-state index in [1.807, 2.05) is 34.9 Å². The van der Waals surface area contributed by atoms with E-state index in [1.54, 1.807) is 25.1 Å². The molecule has 1 N–H and O–H groups in total. The fourth-order valence-corrected chi connectivity index (χ4v) is 4.93. The Morgan fingerprint density at radius 2 is 1.79 bits per heavy atom. The molecule has 0 aromatic heterocycles. The van der Waals surface area contributed by atoms with Gasteiger partial charge >= 0.3 is 0 Å². The summed E-state index contributed by atoms with van der Waals surface area (Å²) in [6, 6.07) is 15.3. The van der Waals surface area contributed by atoms with Gasteiger partial charge in [0.1, 0.15) is 5.75 Å². The van der Waals surface area contributed by atoms with Crippen molar-refractivity contribution < 1.29 is 14.7 Å². The van der Waals surface area contributed by atoms with Crippen molar-refractivity contribution in [3.63, 3.8) is 0 Å². The molecule has 0 aliphatic carbocycles. The molecule has 2 saturated heterocycles. The molecule has 5 nitrogen and oxygen atoms in total. The summed E-state index contributed by atoms with van der Waals surface area (Å²) in [5.41, 5.74) is 2.32. The van der Waals surface area contributed by atoms with E-state index in [9.17, 15) is 14.7 Å². The topological polar surface area (TPSA) is 60.9 Å². The summed E-state index contributed by atoms with van der Waals surface area (Å²) in [5, 5.41) is 9.98. The van der Waals surface area contributed by atoms with Crippen molar-refractivity contribution in [3.8, 4) is 5.75 Å². The fourth-order valence-electron chi connectivity index (χ4n) is 4.93. The van der Waals surface area contributed by atoms with Crippen LogP contribution in [0.5, 0.6) is 5.75 Å². The van der Waals surface area contributed by atoms with E-state index >= 15 is 0 Å². The number of hydrogen-bond acceptors (Lipinski definition) is 3. The van der Waals surface area contributed by atoms with Gasteiger partial charge in [-0.1, -0.05) is 43.3 Å². The van der Waals surface area contributed by atoms with Crippen LogP contribution in [0.4, 0.5) is 0 Å². The molecule has 2 fully saturated rings. The molecule has 0 radical (unpaired) electrons. The number of phenolic OH excluding ortho intramolecular Hbond substituents is 1. The van der Waals surface area contributed by atoms with Crippen molar-refractivity contribution in [2.45, 2.75) is 32.7 Å². The maximum absolute atomic E-state index is 13.1. The second-order valence-electron chi connectivity index (χ2n) is 8.24. The number of aromatic hydroxyl groups is 1. The second-order valence-corrected chi connectivity index (χ2v) is 8.24. The van der Waals surface area contributed by atoms with Crippen molar-refractivity contribution in [1.29, 1.82) is 0 Å². The molecule has 5 heteroatoms. The van der Waals surface area contributed by atoms with Gasteiger partial charge in [0.15, 0.2) is 0 Å². The van der Waals surface area contributed by atoms with Gasteiger partial charge in [0, 0.05) is 49.0 Å². The Morgan fingerprint density at radius 3 is 2.52 bits per heavy atom. The largest absolute Gasteiger partial charge is 0.508 e. The van der Waals surface area contributed by atoms with Crippen LogP contribution in [0, 0.1) is 18.8 Å². The average molecular weight is 392 g/mol. The van der Waals surface area contributed by atoms with Crippen LogP contribution in [0.15, 0.2) is 48.5 Å². The molecule has 0 saturated carbocycles. The standard InChI is InChI=1S/C24H28N2O3/c1-3-8-22(28)26-14-18-13-25(24(29)19-11-7-12-21(27)16(19)2)15-20(18)23(26)17-9-5-4-6-10-17/h4-7,9-12,18,20,23,27H,3,8,13-15H2,1-2H3/t18-,20-,23+/m0/s1. The molecule has 2 heterocycles. The third-order valence-electron chi connectivity index (χ3n) is 6.41. The highest BCUT2D eigenvalue weighted by Crippen LogP contribution is 2.45. The van der Waals surface area contributed by atoms with E-state index < -0.39 is 0 Å². The van der Waals surface area contributed by atoms with Crippen LogP contribution in [0.2, 0.25) is 0 Å². The maximum atomic E-state index is 13.1. The highest BCUT2D eigenvalue weighted by Gasteiger charge is 2.49. The third kappa shape index (κ3) is 3.50. The third-order valence-corrected chi connectivity index (χ3v) is 6.41. The molecule has 2 amide bonds. The van der Waals surface area contributed by atoms with Gasteiger partial charge in [-0.25, -0.2) is 0 Å². The van der Waals surface area contributed by atoms with E-state index in [2.05, 4.69) is 12.1 Å². The van der Waals surface area contributed by atoms with Crippen LogP contribution in [-0.4, -0.2) is 46.4 Å². The van der Waals surface area contributed by atoms with E-state index in [1.165, 1.54) is 0 Å². The number of amides is 2. The maximum Gasteiger partial charge on any atom is 0.254 e. The predicted octanol–water partition coefficient (Wildman–Crippen LogP) is 3.77. The Hall–Kier alpha value is -2.82. The quantitative estimate of drug-likeness (QED) is 0.862. The SMILES string of the molecule is CCCC(=O)N1C[C@@H]2CN(C(=O)c3cccc(O)c3C)C[C@@H]2[C@H]1c1ccccc1. The minimum Gasteiger partial charge on any atom is -0.508 e. The van der Waals surface area contributed by atoms with Crippen LogP contribution < -0.4 is 0 Å². The summed E-state index contributed by atoms with van der Waals surface area (Å²) in [6.45, 7) is 5.79. The van der Waals surface area contributed by atoms with E-state index in [0.29, 0.717) is 37.2 Å². The van der Waals surface area contributed by atoms with Gasteiger partial charge in [-0.2, -0.15) is 0 Å². The number of fused-ring (bicyclic) bond motifs is 1. The number of carbonyl (C=O) groups is 2. The first-order valence-electron chi connectivity index (χ1n) is 10.4. The minimum absolute atomic E-state index is 0.0170. The lowest BCUT2D eigenvalue weighted by molar-refractivity contribution is -0.132. The monoisotopic (exact) mass is 392 g/mol. The van der Waals surface area contributed by atoms with Crippen molar-refractivity contribution in [2.75, 3.05) is 19.6 Å². The molecule has 0 spiro atoms. The van der Waals surface area contributed by atoms with Crippen molar-refractivity contribution in [2.24, 2.45) is 11.8 Å². The van der Waals surface area contributed by atoms with Crippen LogP contribution in [0.1, 0.15) is 47.3 Å². The molecule has 2 aromatic rings. The van der Waals surface area contributed by atoms with Crippen molar-refractivity contribution in [3.05, 3.63) is 65.2 Å². The summed E-state index contributed by atoms with van der Waals surface area (Å²) < 4.78 is 0. The Kier molecular flexibility index (Phi) is 5.31. The Morgan fingerprint density at radius 1 is 1.03 bits per heavy atom. The summed E-state index contributed by atoms with van der Waals surface area (Å²) in [5.74, 6) is 0.833. The Bertz CT molecular complexity index is 912. The summed E-state index contributed by atoms with van der Waals surface area (Å²) in [4.78, 5) is 29.9. The lowest BCUT2D eigenvalue weighted by atomic mass is 9.89. The van der Waals surface area contributed by atoms with Crippen LogP contribution in [-0.2, 0) is 4.79 Å². The zero-order valence-corrected chi connectivity index (χ0v) is 17.0. The first-order chi connectivity index (χ1) is 14.0. The normalized spacial score (nSPS) is 23.3. The minimum atomic E-state index is -0.0361. The molecular formula is C24H28N2O3. The second kappa shape index (κ2) is 7.90. The predicted molar refractivity (Wildman–Crippen MR) is 112 cm³/mol.